The van der Waals surface area contributed by atoms with Gasteiger partial charge in [0, 0.05) is 30.4 Å². The minimum Gasteiger partial charge on any atom is -0.449 e. The molecule has 0 bridgehead atoms. The average Bonchev–Trinajstić information content (AvgIpc) is 3.30. The van der Waals surface area contributed by atoms with Gasteiger partial charge in [0.05, 0.1) is 24.9 Å². The van der Waals surface area contributed by atoms with Gasteiger partial charge in [-0.05, 0) is 36.8 Å². The molecule has 0 radical (unpaired) electrons. The molecule has 0 amide bonds. The number of aromatic amines is 1. The van der Waals surface area contributed by atoms with Crippen molar-refractivity contribution in [1.82, 2.24) is 19.9 Å². The van der Waals surface area contributed by atoms with Crippen molar-refractivity contribution in [2.45, 2.75) is 25.6 Å². The Bertz CT molecular complexity index is 1220. The molecule has 29 heavy (non-hydrogen) atoms. The van der Waals surface area contributed by atoms with Gasteiger partial charge in [-0.15, -0.1) is 0 Å². The second-order valence-electron chi connectivity index (χ2n) is 7.36. The van der Waals surface area contributed by atoms with E-state index < -0.39 is 0 Å². The highest BCUT2D eigenvalue weighted by molar-refractivity contribution is 6.03. The number of nitrogens with zero attached hydrogens (tertiary/aromatic N) is 3. The number of anilines is 1. The molecule has 3 aromatic heterocycles. The van der Waals surface area contributed by atoms with Crippen molar-refractivity contribution in [1.29, 1.82) is 0 Å². The minimum atomic E-state index is -0.312. The van der Waals surface area contributed by atoms with Crippen LogP contribution in [-0.4, -0.2) is 44.2 Å². The molecular weight excluding hydrogens is 370 g/mol. The van der Waals surface area contributed by atoms with Crippen molar-refractivity contribution in [3.05, 3.63) is 64.5 Å². The highest BCUT2D eigenvalue weighted by atomic mass is 16.3. The maximum absolute atomic E-state index is 12.5. The number of aromatic nitrogens is 3. The normalized spacial score (nSPS) is 17.3. The summed E-state index contributed by atoms with van der Waals surface area (Å²) in [6.45, 7) is 2.47. The highest BCUT2D eigenvalue weighted by Crippen LogP contribution is 2.28. The lowest BCUT2D eigenvalue weighted by Gasteiger charge is -2.13. The lowest BCUT2D eigenvalue weighted by atomic mass is 10.2. The fourth-order valence-corrected chi connectivity index (χ4v) is 3.75. The molecule has 5 rings (SSSR count). The van der Waals surface area contributed by atoms with Crippen LogP contribution in [0.25, 0.3) is 22.1 Å². The summed E-state index contributed by atoms with van der Waals surface area (Å²) in [5.41, 5.74) is 2.96. The van der Waals surface area contributed by atoms with Crippen LogP contribution in [0.4, 0.5) is 5.69 Å². The molecule has 3 N–H and O–H groups in total. The zero-order valence-electron chi connectivity index (χ0n) is 15.8. The van der Waals surface area contributed by atoms with Gasteiger partial charge in [-0.1, -0.05) is 6.07 Å². The van der Waals surface area contributed by atoms with Crippen molar-refractivity contribution in [3.8, 4) is 0 Å². The van der Waals surface area contributed by atoms with E-state index in [9.17, 15) is 9.90 Å². The molecule has 8 heteroatoms. The summed E-state index contributed by atoms with van der Waals surface area (Å²) in [7, 11) is 0. The first-order valence-electron chi connectivity index (χ1n) is 9.65. The number of H-pyrrole nitrogens is 1. The van der Waals surface area contributed by atoms with E-state index in [2.05, 4.69) is 25.2 Å². The third kappa shape index (κ3) is 3.59. The van der Waals surface area contributed by atoms with E-state index in [1.165, 1.54) is 0 Å². The van der Waals surface area contributed by atoms with Gasteiger partial charge in [0.1, 0.15) is 16.9 Å². The fraction of sp³-hybridized carbons (Fsp3) is 0.286. The number of fused-ring (bicyclic) bond motifs is 3. The Morgan fingerprint density at radius 3 is 3.03 bits per heavy atom. The second-order valence-corrected chi connectivity index (χ2v) is 7.36. The first-order valence-corrected chi connectivity index (χ1v) is 9.65. The van der Waals surface area contributed by atoms with Crippen molar-refractivity contribution in [3.63, 3.8) is 0 Å². The molecule has 0 aliphatic carbocycles. The maximum atomic E-state index is 12.5. The molecule has 8 nitrogen and oxygen atoms in total. The standard InChI is InChI=1S/C21H21N5O3/c27-15-6-8-26(11-15)12-18-24-19-16-9-13(23-10-14-3-1-2-7-22-14)4-5-17(16)29-20(19)21(28)25-18/h1-5,7,9,15,23,27H,6,8,10-12H2,(H,24,25,28)/t15-/m0/s1. The Labute approximate surface area is 166 Å². The van der Waals surface area contributed by atoms with Crippen LogP contribution in [0.2, 0.25) is 0 Å². The van der Waals surface area contributed by atoms with Crippen LogP contribution in [0.5, 0.6) is 0 Å². The van der Waals surface area contributed by atoms with Crippen LogP contribution in [0, 0.1) is 0 Å². The molecule has 1 saturated heterocycles. The number of furan rings is 1. The van der Waals surface area contributed by atoms with Crippen LogP contribution in [0.1, 0.15) is 17.9 Å². The zero-order chi connectivity index (χ0) is 19.8. The van der Waals surface area contributed by atoms with Gasteiger partial charge < -0.3 is 19.8 Å². The van der Waals surface area contributed by atoms with Gasteiger partial charge in [-0.25, -0.2) is 4.98 Å². The number of β-amino-alcohol motifs (C(OH)–C–C–N with tert-alkyl or cyclic N) is 1. The average molecular weight is 391 g/mol. The van der Waals surface area contributed by atoms with E-state index >= 15 is 0 Å². The maximum Gasteiger partial charge on any atom is 0.294 e. The second kappa shape index (κ2) is 7.31. The number of benzene rings is 1. The van der Waals surface area contributed by atoms with Gasteiger partial charge in [0.2, 0.25) is 5.58 Å². The topological polar surface area (TPSA) is 107 Å². The van der Waals surface area contributed by atoms with Crippen molar-refractivity contribution in [2.24, 2.45) is 0 Å². The van der Waals surface area contributed by atoms with Crippen LogP contribution >= 0.6 is 0 Å². The molecule has 1 atom stereocenters. The predicted molar refractivity (Wildman–Crippen MR) is 110 cm³/mol. The van der Waals surface area contributed by atoms with Gasteiger partial charge in [-0.2, -0.15) is 0 Å². The molecule has 1 aliphatic heterocycles. The van der Waals surface area contributed by atoms with Gasteiger partial charge >= 0.3 is 0 Å². The quantitative estimate of drug-likeness (QED) is 0.479. The van der Waals surface area contributed by atoms with Crippen LogP contribution in [0.15, 0.2) is 51.8 Å². The Kier molecular flexibility index (Phi) is 4.49. The van der Waals surface area contributed by atoms with E-state index in [1.807, 2.05) is 36.4 Å². The molecule has 4 aromatic rings. The van der Waals surface area contributed by atoms with Crippen molar-refractivity contribution < 1.29 is 9.52 Å². The van der Waals surface area contributed by atoms with Crippen molar-refractivity contribution >= 4 is 27.8 Å². The molecule has 0 spiro atoms. The summed E-state index contributed by atoms with van der Waals surface area (Å²) in [6, 6.07) is 11.5. The molecule has 1 fully saturated rings. The molecular formula is C21H21N5O3. The SMILES string of the molecule is O=c1[nH]c(CN2CC[C@H](O)C2)nc2c1oc1ccc(NCc3ccccn3)cc12. The minimum absolute atomic E-state index is 0.229. The largest absolute Gasteiger partial charge is 0.449 e. The van der Waals surface area contributed by atoms with E-state index in [4.69, 9.17) is 4.42 Å². The summed E-state index contributed by atoms with van der Waals surface area (Å²) < 4.78 is 5.74. The van der Waals surface area contributed by atoms with Crippen LogP contribution in [0.3, 0.4) is 0 Å². The lowest BCUT2D eigenvalue weighted by Crippen LogP contribution is -2.24. The number of likely N-dealkylation sites (tertiary alicyclic amines) is 1. The monoisotopic (exact) mass is 391 g/mol. The lowest BCUT2D eigenvalue weighted by molar-refractivity contribution is 0.174. The van der Waals surface area contributed by atoms with Gasteiger partial charge in [0.25, 0.3) is 5.56 Å². The van der Waals surface area contributed by atoms with Crippen LogP contribution in [-0.2, 0) is 13.1 Å². The smallest absolute Gasteiger partial charge is 0.294 e. The third-order valence-corrected chi connectivity index (χ3v) is 5.19. The molecule has 0 unspecified atom stereocenters. The highest BCUT2D eigenvalue weighted by Gasteiger charge is 2.22. The summed E-state index contributed by atoms with van der Waals surface area (Å²) in [5.74, 6) is 0.575. The number of nitrogens with one attached hydrogen (secondary N) is 2. The summed E-state index contributed by atoms with van der Waals surface area (Å²) >= 11 is 0. The summed E-state index contributed by atoms with van der Waals surface area (Å²) in [6.07, 6.45) is 2.20. The Morgan fingerprint density at radius 1 is 1.31 bits per heavy atom. The first kappa shape index (κ1) is 17.8. The molecule has 1 aromatic carbocycles. The number of pyridine rings is 1. The number of hydrogen-bond donors (Lipinski definition) is 3. The Morgan fingerprint density at radius 2 is 2.24 bits per heavy atom. The first-order chi connectivity index (χ1) is 14.2. The van der Waals surface area contributed by atoms with Gasteiger partial charge in [0.15, 0.2) is 0 Å². The summed E-state index contributed by atoms with van der Waals surface area (Å²) in [5, 5.41) is 13.9. The molecule has 148 valence electrons. The van der Waals surface area contributed by atoms with E-state index in [1.54, 1.807) is 6.20 Å². The molecule has 0 saturated carbocycles. The Hall–Kier alpha value is -3.23. The Balaban J connectivity index is 1.47. The zero-order valence-corrected chi connectivity index (χ0v) is 15.8. The number of rotatable bonds is 5. The molecule has 4 heterocycles. The van der Waals surface area contributed by atoms with E-state index in [-0.39, 0.29) is 17.2 Å². The number of aliphatic hydroxyl groups excluding tert-OH is 1. The van der Waals surface area contributed by atoms with Gasteiger partial charge in [-0.3, -0.25) is 14.7 Å². The predicted octanol–water partition coefficient (Wildman–Crippen LogP) is 2.24. The fourth-order valence-electron chi connectivity index (χ4n) is 3.75. The molecule has 1 aliphatic rings. The number of aliphatic hydroxyl groups is 1. The van der Waals surface area contributed by atoms with E-state index in [0.717, 1.165) is 29.7 Å². The van der Waals surface area contributed by atoms with E-state index in [0.29, 0.717) is 36.6 Å². The van der Waals surface area contributed by atoms with Crippen molar-refractivity contribution in [2.75, 3.05) is 18.4 Å². The number of hydrogen-bond acceptors (Lipinski definition) is 7. The van der Waals surface area contributed by atoms with Crippen LogP contribution < -0.4 is 10.9 Å². The third-order valence-electron chi connectivity index (χ3n) is 5.19. The summed E-state index contributed by atoms with van der Waals surface area (Å²) in [4.78, 5) is 26.4.